The van der Waals surface area contributed by atoms with Gasteiger partial charge in [0.2, 0.25) is 5.95 Å². The highest BCUT2D eigenvalue weighted by molar-refractivity contribution is 7.38. The van der Waals surface area contributed by atoms with Crippen molar-refractivity contribution in [3.63, 3.8) is 0 Å². The third kappa shape index (κ3) is 2.13. The number of hydrogen-bond donors (Lipinski definition) is 3. The number of nitrogen functional groups attached to an aromatic ring is 1. The topological polar surface area (TPSA) is 178 Å². The number of ether oxygens (including phenoxy) is 2. The molecule has 0 aliphatic carbocycles. The number of aliphatic hydroxyl groups excluding tert-OH is 1. The number of fused-ring (bicyclic) bond motifs is 3. The first kappa shape index (κ1) is 17.0. The van der Waals surface area contributed by atoms with E-state index in [2.05, 4.69) is 15.0 Å². The van der Waals surface area contributed by atoms with E-state index in [0.29, 0.717) is 0 Å². The van der Waals surface area contributed by atoms with Gasteiger partial charge in [-0.3, -0.25) is 14.3 Å². The Morgan fingerprint density at radius 3 is 3.15 bits per heavy atom. The van der Waals surface area contributed by atoms with Crippen LogP contribution in [0.5, 0.6) is 0 Å². The first-order chi connectivity index (χ1) is 12.3. The minimum Gasteiger partial charge on any atom is -0.387 e. The number of hydrogen-bond acceptors (Lipinski definition) is 10. The highest BCUT2D eigenvalue weighted by atomic mass is 31.1. The lowest BCUT2D eigenvalue weighted by Crippen LogP contribution is -2.50. The van der Waals surface area contributed by atoms with Gasteiger partial charge in [0.1, 0.15) is 31.2 Å². The smallest absolute Gasteiger partial charge is 0.387 e. The number of aromatic nitrogens is 4. The van der Waals surface area contributed by atoms with Crippen molar-refractivity contribution in [1.82, 2.24) is 19.5 Å². The van der Waals surface area contributed by atoms with Crippen LogP contribution in [0.1, 0.15) is 0 Å². The molecule has 0 radical (unpaired) electrons. The van der Waals surface area contributed by atoms with Gasteiger partial charge in [-0.2, -0.15) is 10.2 Å². The van der Waals surface area contributed by atoms with Crippen LogP contribution in [-0.4, -0.2) is 62.3 Å². The molecule has 2 fully saturated rings. The lowest BCUT2D eigenvalue weighted by atomic mass is 9.98. The summed E-state index contributed by atoms with van der Waals surface area (Å²) in [5.74, 6) is -0.164. The van der Waals surface area contributed by atoms with Crippen LogP contribution >= 0.6 is 8.03 Å². The molecule has 2 aromatic rings. The number of aliphatic hydroxyl groups is 1. The molecule has 2 saturated heterocycles. The van der Waals surface area contributed by atoms with Crippen LogP contribution in [0.2, 0.25) is 0 Å². The molecule has 12 nitrogen and oxygen atoms in total. The van der Waals surface area contributed by atoms with Gasteiger partial charge in [-0.25, -0.2) is 4.98 Å². The summed E-state index contributed by atoms with van der Waals surface area (Å²) < 4.78 is 29.1. The van der Waals surface area contributed by atoms with Gasteiger partial charge >= 0.3 is 8.03 Å². The monoisotopic (exact) mass is 381 g/mol. The molecule has 2 aromatic heterocycles. The number of H-pyrrole nitrogens is 1. The molecule has 1 unspecified atom stereocenters. The fourth-order valence-electron chi connectivity index (χ4n) is 3.32. The van der Waals surface area contributed by atoms with Gasteiger partial charge in [0, 0.05) is 0 Å². The second-order valence-corrected chi connectivity index (χ2v) is 7.24. The fraction of sp³-hybridized carbons (Fsp3) is 0.538. The summed E-state index contributed by atoms with van der Waals surface area (Å²) in [6.07, 6.45) is -1.12. The lowest BCUT2D eigenvalue weighted by Gasteiger charge is -2.34. The number of aromatic amines is 1. The standard InChI is InChI=1S/C13H13N6O6P/c1-26(22)24-4-12-3-23-8(7(12)20)13(2-14,25-12)19-5-16-6-9(19)17-11(15)18-10(6)21/h5,7-8,20H,3-4H2,1H3,(H2-,15,17,18,21)/p+1/t7-,8+,12+,13+/m0/s1. The van der Waals surface area contributed by atoms with Crippen molar-refractivity contribution in [2.75, 3.05) is 25.6 Å². The van der Waals surface area contributed by atoms with Gasteiger partial charge in [0.15, 0.2) is 23.4 Å². The third-order valence-corrected chi connectivity index (χ3v) is 5.00. The molecular formula is C13H14N6O6P+. The summed E-state index contributed by atoms with van der Waals surface area (Å²) in [6, 6.07) is 1.98. The molecule has 0 amide bonds. The normalized spacial score (nSPS) is 33.5. The van der Waals surface area contributed by atoms with Gasteiger partial charge in [0.05, 0.1) is 6.61 Å². The highest BCUT2D eigenvalue weighted by Crippen LogP contribution is 2.49. The van der Waals surface area contributed by atoms with E-state index >= 15 is 0 Å². The molecule has 136 valence electrons. The molecule has 2 aliphatic heterocycles. The van der Waals surface area contributed by atoms with Crippen LogP contribution in [0.4, 0.5) is 5.95 Å². The van der Waals surface area contributed by atoms with Crippen LogP contribution in [0.15, 0.2) is 11.1 Å². The minimum absolute atomic E-state index is 0.00814. The van der Waals surface area contributed by atoms with Crippen molar-refractivity contribution >= 4 is 25.1 Å². The number of nitrogens with one attached hydrogen (secondary N) is 1. The van der Waals surface area contributed by atoms with Gasteiger partial charge in [-0.15, -0.1) is 4.52 Å². The van der Waals surface area contributed by atoms with Crippen molar-refractivity contribution in [2.24, 2.45) is 0 Å². The number of imidazole rings is 1. The Bertz CT molecular complexity index is 1010. The zero-order valence-corrected chi connectivity index (χ0v) is 14.3. The molecule has 0 aromatic carbocycles. The van der Waals surface area contributed by atoms with E-state index in [0.717, 1.165) is 0 Å². The first-order valence-corrected chi connectivity index (χ1v) is 9.14. The fourth-order valence-corrected chi connectivity index (χ4v) is 3.72. The van der Waals surface area contributed by atoms with Crippen molar-refractivity contribution in [3.05, 3.63) is 16.7 Å². The predicted molar refractivity (Wildman–Crippen MR) is 85.2 cm³/mol. The zero-order chi connectivity index (χ0) is 18.7. The largest absolute Gasteiger partial charge is 0.504 e. The van der Waals surface area contributed by atoms with Crippen molar-refractivity contribution in [1.29, 1.82) is 5.26 Å². The van der Waals surface area contributed by atoms with Crippen molar-refractivity contribution in [2.45, 2.75) is 23.5 Å². The Labute approximate surface area is 146 Å². The highest BCUT2D eigenvalue weighted by Gasteiger charge is 2.71. The Hall–Kier alpha value is -2.42. The maximum atomic E-state index is 12.0. The number of nitrogens with two attached hydrogens (primary N) is 1. The minimum atomic E-state index is -1.94. The predicted octanol–water partition coefficient (Wildman–Crippen LogP) is -1.20. The van der Waals surface area contributed by atoms with E-state index < -0.39 is 37.1 Å². The SMILES string of the molecule is C[P+](=O)OC[C@]12CO[C@H]([C@@H]1O)[C@](C#N)(n1cnc3c(=O)[nH]c(N)nc31)O2. The van der Waals surface area contributed by atoms with Crippen LogP contribution in [0.25, 0.3) is 11.2 Å². The first-order valence-electron chi connectivity index (χ1n) is 7.51. The van der Waals surface area contributed by atoms with Gasteiger partial charge in [-0.05, 0) is 4.57 Å². The lowest BCUT2D eigenvalue weighted by molar-refractivity contribution is -0.219. The molecule has 0 spiro atoms. The Kier molecular flexibility index (Phi) is 3.62. The summed E-state index contributed by atoms with van der Waals surface area (Å²) >= 11 is 0. The van der Waals surface area contributed by atoms with Crippen LogP contribution < -0.4 is 11.3 Å². The van der Waals surface area contributed by atoms with E-state index in [-0.39, 0.29) is 30.3 Å². The molecule has 0 saturated carbocycles. The van der Waals surface area contributed by atoms with E-state index in [1.807, 2.05) is 6.07 Å². The number of rotatable bonds is 4. The number of nitriles is 1. The molecule has 5 atom stereocenters. The molecule has 13 heteroatoms. The molecule has 4 heterocycles. The number of nitrogens with zero attached hydrogens (tertiary/aromatic N) is 4. The summed E-state index contributed by atoms with van der Waals surface area (Å²) in [5, 5.41) is 20.5. The van der Waals surface area contributed by atoms with Crippen LogP contribution in [-0.2, 0) is 24.3 Å². The van der Waals surface area contributed by atoms with Gasteiger partial charge < -0.3 is 20.3 Å². The quantitative estimate of drug-likeness (QED) is 0.544. The second-order valence-electron chi connectivity index (χ2n) is 6.10. The van der Waals surface area contributed by atoms with Crippen molar-refractivity contribution < 1.29 is 23.7 Å². The summed E-state index contributed by atoms with van der Waals surface area (Å²) in [6.45, 7) is 1.08. The van der Waals surface area contributed by atoms with Gasteiger partial charge in [-0.1, -0.05) is 0 Å². The van der Waals surface area contributed by atoms with E-state index in [4.69, 9.17) is 19.7 Å². The van der Waals surface area contributed by atoms with E-state index in [1.54, 1.807) is 0 Å². The van der Waals surface area contributed by atoms with Crippen LogP contribution in [0.3, 0.4) is 0 Å². The molecular weight excluding hydrogens is 367 g/mol. The van der Waals surface area contributed by atoms with E-state index in [1.165, 1.54) is 17.6 Å². The molecule has 4 rings (SSSR count). The Balaban J connectivity index is 1.85. The van der Waals surface area contributed by atoms with E-state index in [9.17, 15) is 19.7 Å². The van der Waals surface area contributed by atoms with Gasteiger partial charge in [0.25, 0.3) is 11.3 Å². The molecule has 26 heavy (non-hydrogen) atoms. The Morgan fingerprint density at radius 2 is 2.46 bits per heavy atom. The maximum Gasteiger partial charge on any atom is 0.504 e. The molecule has 2 aliphatic rings. The molecule has 4 N–H and O–H groups in total. The zero-order valence-electron chi connectivity index (χ0n) is 13.4. The third-order valence-electron chi connectivity index (χ3n) is 4.51. The Morgan fingerprint density at radius 1 is 1.69 bits per heavy atom. The summed E-state index contributed by atoms with van der Waals surface area (Å²) in [5.41, 5.74) is 1.74. The average molecular weight is 381 g/mol. The summed E-state index contributed by atoms with van der Waals surface area (Å²) in [7, 11) is -1.94. The number of anilines is 1. The second kappa shape index (κ2) is 5.54. The molecule has 2 bridgehead atoms. The van der Waals surface area contributed by atoms with Crippen LogP contribution in [0, 0.1) is 11.3 Å². The van der Waals surface area contributed by atoms with Crippen molar-refractivity contribution in [3.8, 4) is 6.07 Å². The summed E-state index contributed by atoms with van der Waals surface area (Å²) in [4.78, 5) is 22.3. The maximum absolute atomic E-state index is 12.0. The average Bonchev–Trinajstić information content (AvgIpc) is 3.22.